The molecule has 0 radical (unpaired) electrons. The lowest BCUT2D eigenvalue weighted by Gasteiger charge is -2.36. The van der Waals surface area contributed by atoms with Crippen molar-refractivity contribution in [2.75, 3.05) is 31.1 Å². The number of carbonyl (C=O) groups is 1. The van der Waals surface area contributed by atoms with Crippen LogP contribution in [0.1, 0.15) is 62.4 Å². The van der Waals surface area contributed by atoms with Gasteiger partial charge in [0.1, 0.15) is 16.5 Å². The Labute approximate surface area is 208 Å². The molecule has 3 heterocycles. The lowest BCUT2D eigenvalue weighted by molar-refractivity contribution is -0.132. The minimum atomic E-state index is 0.255. The summed E-state index contributed by atoms with van der Waals surface area (Å²) in [5.41, 5.74) is 2.75. The molecule has 3 aromatic rings. The van der Waals surface area contributed by atoms with Crippen LogP contribution in [0.15, 0.2) is 30.3 Å². The predicted octanol–water partition coefficient (Wildman–Crippen LogP) is 6.01. The Morgan fingerprint density at radius 1 is 1.06 bits per heavy atom. The molecule has 1 aromatic carbocycles. The summed E-state index contributed by atoms with van der Waals surface area (Å²) in [4.78, 5) is 29.7. The van der Waals surface area contributed by atoms with Crippen LogP contribution in [-0.2, 0) is 11.2 Å². The van der Waals surface area contributed by atoms with Crippen LogP contribution in [0.3, 0.4) is 0 Å². The molecule has 1 amide bonds. The molecule has 0 spiro atoms. The summed E-state index contributed by atoms with van der Waals surface area (Å²) in [6, 6.07) is 10.4. The Balaban J connectivity index is 1.51. The summed E-state index contributed by atoms with van der Waals surface area (Å²) < 4.78 is 0. The topological polar surface area (TPSA) is 49.3 Å². The number of carbonyl (C=O) groups excluding carboxylic acids is 1. The fourth-order valence-corrected chi connectivity index (χ4v) is 6.11. The number of nitrogens with zero attached hydrogens (tertiary/aromatic N) is 4. The van der Waals surface area contributed by atoms with Crippen molar-refractivity contribution >= 4 is 33.3 Å². The Bertz CT molecular complexity index is 1140. The van der Waals surface area contributed by atoms with Crippen LogP contribution in [0, 0.1) is 25.2 Å². The van der Waals surface area contributed by atoms with E-state index in [-0.39, 0.29) is 11.3 Å². The number of amides is 1. The van der Waals surface area contributed by atoms with Crippen molar-refractivity contribution in [3.05, 3.63) is 52.2 Å². The molecule has 0 N–H and O–H groups in total. The minimum Gasteiger partial charge on any atom is -0.352 e. The molecular weight excluding hydrogens is 440 g/mol. The molecule has 2 aromatic heterocycles. The van der Waals surface area contributed by atoms with Gasteiger partial charge in [0, 0.05) is 43.9 Å². The standard InChI is InChI=1S/C28H38N4OS/c1-19(18-28(4,5)6)16-24(33)31-12-14-32(15-13-31)26-25-20(2)21(3)34-27(25)30-23(29-26)17-22-10-8-7-9-11-22/h7-11,19H,12-18H2,1-6H3. The average molecular weight is 479 g/mol. The zero-order valence-corrected chi connectivity index (χ0v) is 22.3. The second kappa shape index (κ2) is 10.0. The number of piperazine rings is 1. The van der Waals surface area contributed by atoms with Crippen LogP contribution in [0.2, 0.25) is 0 Å². The van der Waals surface area contributed by atoms with Crippen LogP contribution in [0.5, 0.6) is 0 Å². The molecular formula is C28H38N4OS. The van der Waals surface area contributed by atoms with Crippen molar-refractivity contribution in [3.63, 3.8) is 0 Å². The minimum absolute atomic E-state index is 0.255. The monoisotopic (exact) mass is 478 g/mol. The van der Waals surface area contributed by atoms with E-state index in [9.17, 15) is 4.79 Å². The van der Waals surface area contributed by atoms with Gasteiger partial charge in [0.2, 0.25) is 5.91 Å². The van der Waals surface area contributed by atoms with Gasteiger partial charge in [0.05, 0.1) is 5.39 Å². The van der Waals surface area contributed by atoms with Crippen LogP contribution in [-0.4, -0.2) is 47.0 Å². The van der Waals surface area contributed by atoms with Gasteiger partial charge >= 0.3 is 0 Å². The van der Waals surface area contributed by atoms with Crippen LogP contribution < -0.4 is 4.90 Å². The van der Waals surface area contributed by atoms with E-state index in [1.165, 1.54) is 21.4 Å². The van der Waals surface area contributed by atoms with Gasteiger partial charge < -0.3 is 9.80 Å². The fourth-order valence-electron chi connectivity index (χ4n) is 5.07. The van der Waals surface area contributed by atoms with Gasteiger partial charge in [-0.05, 0) is 42.7 Å². The summed E-state index contributed by atoms with van der Waals surface area (Å²) >= 11 is 1.76. The van der Waals surface area contributed by atoms with E-state index in [1.807, 2.05) is 11.0 Å². The van der Waals surface area contributed by atoms with Gasteiger partial charge in [-0.15, -0.1) is 11.3 Å². The first-order chi connectivity index (χ1) is 16.1. The number of thiophene rings is 1. The number of aromatic nitrogens is 2. The number of fused-ring (bicyclic) bond motifs is 1. The van der Waals surface area contributed by atoms with E-state index in [2.05, 4.69) is 70.7 Å². The van der Waals surface area contributed by atoms with E-state index >= 15 is 0 Å². The molecule has 4 rings (SSSR count). The van der Waals surface area contributed by atoms with Crippen LogP contribution >= 0.6 is 11.3 Å². The zero-order valence-electron chi connectivity index (χ0n) is 21.5. The maximum Gasteiger partial charge on any atom is 0.222 e. The average Bonchev–Trinajstić information content (AvgIpc) is 3.06. The molecule has 1 atom stereocenters. The summed E-state index contributed by atoms with van der Waals surface area (Å²) in [6.45, 7) is 16.4. The van der Waals surface area contributed by atoms with Gasteiger partial charge in [0.15, 0.2) is 0 Å². The highest BCUT2D eigenvalue weighted by Gasteiger charge is 2.27. The second-order valence-electron chi connectivity index (χ2n) is 11.0. The molecule has 182 valence electrons. The van der Waals surface area contributed by atoms with Crippen LogP contribution in [0.4, 0.5) is 5.82 Å². The van der Waals surface area contributed by atoms with Crippen molar-refractivity contribution in [3.8, 4) is 0 Å². The maximum absolute atomic E-state index is 12.9. The SMILES string of the molecule is Cc1sc2nc(Cc3ccccc3)nc(N3CCN(C(=O)CC(C)CC(C)(C)C)CC3)c2c1C. The molecule has 1 aliphatic heterocycles. The quantitative estimate of drug-likeness (QED) is 0.435. The van der Waals surface area contributed by atoms with Gasteiger partial charge in [-0.2, -0.15) is 0 Å². The normalized spacial score (nSPS) is 15.7. The third kappa shape index (κ3) is 5.77. The van der Waals surface area contributed by atoms with Gasteiger partial charge in [0.25, 0.3) is 0 Å². The molecule has 1 aliphatic rings. The Morgan fingerprint density at radius 2 is 1.74 bits per heavy atom. The highest BCUT2D eigenvalue weighted by molar-refractivity contribution is 7.18. The summed E-state index contributed by atoms with van der Waals surface area (Å²) in [7, 11) is 0. The van der Waals surface area contributed by atoms with Gasteiger partial charge in [-0.3, -0.25) is 4.79 Å². The molecule has 5 nitrogen and oxygen atoms in total. The van der Waals surface area contributed by atoms with Crippen molar-refractivity contribution in [1.82, 2.24) is 14.9 Å². The maximum atomic E-state index is 12.9. The van der Waals surface area contributed by atoms with Crippen molar-refractivity contribution in [2.45, 2.75) is 60.8 Å². The van der Waals surface area contributed by atoms with E-state index in [0.717, 1.165) is 55.5 Å². The number of aryl methyl sites for hydroxylation is 2. The van der Waals surface area contributed by atoms with Gasteiger partial charge in [-0.1, -0.05) is 58.0 Å². The smallest absolute Gasteiger partial charge is 0.222 e. The molecule has 1 saturated heterocycles. The first-order valence-electron chi connectivity index (χ1n) is 12.4. The van der Waals surface area contributed by atoms with E-state index < -0.39 is 0 Å². The summed E-state index contributed by atoms with van der Waals surface area (Å²) in [5, 5.41) is 1.18. The van der Waals surface area contributed by atoms with Crippen molar-refractivity contribution in [1.29, 1.82) is 0 Å². The first-order valence-corrected chi connectivity index (χ1v) is 13.3. The zero-order chi connectivity index (χ0) is 24.5. The molecule has 0 aliphatic carbocycles. The third-order valence-corrected chi connectivity index (χ3v) is 7.78. The van der Waals surface area contributed by atoms with E-state index in [4.69, 9.17) is 9.97 Å². The van der Waals surface area contributed by atoms with E-state index in [1.54, 1.807) is 11.3 Å². The third-order valence-electron chi connectivity index (χ3n) is 6.68. The molecule has 6 heteroatoms. The van der Waals surface area contributed by atoms with Crippen LogP contribution in [0.25, 0.3) is 10.2 Å². The molecule has 0 saturated carbocycles. The Kier molecular flexibility index (Phi) is 7.27. The molecule has 1 unspecified atom stereocenters. The molecule has 1 fully saturated rings. The Hall–Kier alpha value is -2.47. The van der Waals surface area contributed by atoms with Crippen molar-refractivity contribution in [2.24, 2.45) is 11.3 Å². The number of hydrogen-bond donors (Lipinski definition) is 0. The fraction of sp³-hybridized carbons (Fsp3) is 0.536. The number of rotatable bonds is 6. The Morgan fingerprint density at radius 3 is 2.38 bits per heavy atom. The summed E-state index contributed by atoms with van der Waals surface area (Å²) in [6.07, 6.45) is 2.43. The number of hydrogen-bond acceptors (Lipinski definition) is 5. The summed E-state index contributed by atoms with van der Waals surface area (Å²) in [5.74, 6) is 2.59. The second-order valence-corrected chi connectivity index (χ2v) is 12.2. The van der Waals surface area contributed by atoms with E-state index in [0.29, 0.717) is 12.3 Å². The molecule has 0 bridgehead atoms. The highest BCUT2D eigenvalue weighted by Crippen LogP contribution is 2.36. The first kappa shape index (κ1) is 24.6. The van der Waals surface area contributed by atoms with Crippen molar-refractivity contribution < 1.29 is 4.79 Å². The lowest BCUT2D eigenvalue weighted by atomic mass is 9.84. The number of anilines is 1. The van der Waals surface area contributed by atoms with Gasteiger partial charge in [-0.25, -0.2) is 9.97 Å². The largest absolute Gasteiger partial charge is 0.352 e. The predicted molar refractivity (Wildman–Crippen MR) is 143 cm³/mol. The number of benzene rings is 1. The molecule has 34 heavy (non-hydrogen) atoms. The lowest BCUT2D eigenvalue weighted by Crippen LogP contribution is -2.49. The highest BCUT2D eigenvalue weighted by atomic mass is 32.1.